The summed E-state index contributed by atoms with van der Waals surface area (Å²) in [5.41, 5.74) is 1.61. The van der Waals surface area contributed by atoms with Crippen LogP contribution in [-0.2, 0) is 17.6 Å². The Hall–Kier alpha value is -2.22. The van der Waals surface area contributed by atoms with E-state index in [0.29, 0.717) is 24.2 Å². The van der Waals surface area contributed by atoms with E-state index in [2.05, 4.69) is 47.9 Å². The summed E-state index contributed by atoms with van der Waals surface area (Å²) in [4.78, 5) is 34.7. The van der Waals surface area contributed by atoms with Crippen LogP contribution in [0, 0.1) is 5.92 Å². The number of anilines is 1. The van der Waals surface area contributed by atoms with Gasteiger partial charge in [-0.2, -0.15) is 0 Å². The largest absolute Gasteiger partial charge is 0.483 e. The fourth-order valence-corrected chi connectivity index (χ4v) is 3.28. The second kappa shape index (κ2) is 8.93. The summed E-state index contributed by atoms with van der Waals surface area (Å²) < 4.78 is 0. The smallest absolute Gasteiger partial charge is 0.290 e. The van der Waals surface area contributed by atoms with E-state index in [9.17, 15) is 4.79 Å². The Balaban J connectivity index is 0.000000758. The van der Waals surface area contributed by atoms with Gasteiger partial charge in [-0.25, -0.2) is 9.97 Å². The zero-order chi connectivity index (χ0) is 19.3. The molecule has 1 fully saturated rings. The van der Waals surface area contributed by atoms with E-state index in [4.69, 9.17) is 14.9 Å². The molecule has 144 valence electrons. The van der Waals surface area contributed by atoms with Crippen LogP contribution in [0.25, 0.3) is 0 Å². The third kappa shape index (κ3) is 4.69. The molecule has 0 radical (unpaired) electrons. The molecule has 1 saturated heterocycles. The van der Waals surface area contributed by atoms with Crippen molar-refractivity contribution in [1.82, 2.24) is 20.2 Å². The van der Waals surface area contributed by atoms with Crippen LogP contribution in [-0.4, -0.2) is 71.6 Å². The summed E-state index contributed by atoms with van der Waals surface area (Å²) in [6.07, 6.45) is 1.62. The third-order valence-electron chi connectivity index (χ3n) is 4.76. The van der Waals surface area contributed by atoms with Crippen molar-refractivity contribution in [3.63, 3.8) is 0 Å². The molecule has 1 aromatic rings. The highest BCUT2D eigenvalue weighted by Crippen LogP contribution is 2.26. The topological polar surface area (TPSA) is 98.7 Å². The van der Waals surface area contributed by atoms with Crippen molar-refractivity contribution < 1.29 is 14.7 Å². The first kappa shape index (κ1) is 20.1. The quantitative estimate of drug-likeness (QED) is 0.767. The average molecular weight is 363 g/mol. The van der Waals surface area contributed by atoms with E-state index in [0.717, 1.165) is 49.7 Å². The lowest BCUT2D eigenvalue weighted by Gasteiger charge is -2.39. The van der Waals surface area contributed by atoms with Crippen molar-refractivity contribution in [2.45, 2.75) is 39.7 Å². The van der Waals surface area contributed by atoms with Crippen molar-refractivity contribution in [3.05, 3.63) is 17.1 Å². The van der Waals surface area contributed by atoms with Crippen molar-refractivity contribution in [1.29, 1.82) is 0 Å². The van der Waals surface area contributed by atoms with Crippen LogP contribution in [0.1, 0.15) is 42.6 Å². The molecule has 0 aromatic carbocycles. The fourth-order valence-electron chi connectivity index (χ4n) is 3.28. The zero-order valence-corrected chi connectivity index (χ0v) is 16.0. The zero-order valence-electron chi connectivity index (χ0n) is 16.0. The van der Waals surface area contributed by atoms with Gasteiger partial charge in [0.2, 0.25) is 0 Å². The minimum atomic E-state index is -0.250. The van der Waals surface area contributed by atoms with E-state index in [1.54, 1.807) is 0 Å². The van der Waals surface area contributed by atoms with E-state index in [1.807, 2.05) is 0 Å². The van der Waals surface area contributed by atoms with Crippen molar-refractivity contribution in [2.75, 3.05) is 38.1 Å². The first-order valence-electron chi connectivity index (χ1n) is 9.08. The molecule has 2 aliphatic heterocycles. The van der Waals surface area contributed by atoms with Crippen LogP contribution >= 0.6 is 0 Å². The van der Waals surface area contributed by atoms with E-state index < -0.39 is 0 Å². The second-order valence-corrected chi connectivity index (χ2v) is 7.28. The lowest BCUT2D eigenvalue weighted by Crippen LogP contribution is -2.51. The second-order valence-electron chi connectivity index (χ2n) is 7.28. The molecular weight excluding hydrogens is 334 g/mol. The standard InChI is InChI=1S/C17H27N5O.CH2O2/c1-11(2)9-14-19-15-13(5-6-18-17(15)23)16(20-14)22-8-7-21(4)12(3)10-22;2-1-3/h11-12H,5-10H2,1-4H3,(H,18,23);1H,(H,2,3). The molecule has 8 heteroatoms. The molecule has 3 heterocycles. The average Bonchev–Trinajstić information content (AvgIpc) is 2.58. The van der Waals surface area contributed by atoms with Gasteiger partial charge in [0.1, 0.15) is 17.3 Å². The van der Waals surface area contributed by atoms with Gasteiger partial charge in [0, 0.05) is 44.2 Å². The van der Waals surface area contributed by atoms with Gasteiger partial charge in [0.25, 0.3) is 12.4 Å². The third-order valence-corrected chi connectivity index (χ3v) is 4.76. The Morgan fingerprint density at radius 1 is 1.35 bits per heavy atom. The van der Waals surface area contributed by atoms with Crippen LogP contribution < -0.4 is 10.2 Å². The van der Waals surface area contributed by atoms with Gasteiger partial charge >= 0.3 is 0 Å². The summed E-state index contributed by atoms with van der Waals surface area (Å²) in [6.45, 7) is 9.89. The molecule has 1 amide bonds. The summed E-state index contributed by atoms with van der Waals surface area (Å²) in [5.74, 6) is 2.19. The lowest BCUT2D eigenvalue weighted by molar-refractivity contribution is -0.122. The monoisotopic (exact) mass is 363 g/mol. The first-order valence-corrected chi connectivity index (χ1v) is 9.08. The van der Waals surface area contributed by atoms with Gasteiger partial charge in [-0.05, 0) is 26.3 Å². The predicted octanol–water partition coefficient (Wildman–Crippen LogP) is 0.802. The molecule has 1 atom stereocenters. The number of hydrogen-bond acceptors (Lipinski definition) is 6. The number of aromatic nitrogens is 2. The Morgan fingerprint density at radius 2 is 2.04 bits per heavy atom. The molecule has 2 N–H and O–H groups in total. The fraction of sp³-hybridized carbons (Fsp3) is 0.667. The Bertz CT molecular complexity index is 650. The molecule has 8 nitrogen and oxygen atoms in total. The van der Waals surface area contributed by atoms with Crippen LogP contribution in [0.3, 0.4) is 0 Å². The highest BCUT2D eigenvalue weighted by molar-refractivity contribution is 5.96. The first-order chi connectivity index (χ1) is 12.4. The number of likely N-dealkylation sites (N-methyl/N-ethyl adjacent to an activating group) is 1. The molecule has 0 aliphatic carbocycles. The van der Waals surface area contributed by atoms with Crippen LogP contribution in [0.2, 0.25) is 0 Å². The molecule has 3 rings (SSSR count). The van der Waals surface area contributed by atoms with Gasteiger partial charge < -0.3 is 20.2 Å². The Kier molecular flexibility index (Phi) is 6.90. The van der Waals surface area contributed by atoms with E-state index >= 15 is 0 Å². The number of carbonyl (C=O) groups excluding carboxylic acids is 1. The van der Waals surface area contributed by atoms with Gasteiger partial charge in [-0.3, -0.25) is 9.59 Å². The molecule has 1 unspecified atom stereocenters. The number of carboxylic acid groups (broad SMARTS) is 1. The molecule has 2 aliphatic rings. The van der Waals surface area contributed by atoms with E-state index in [-0.39, 0.29) is 12.4 Å². The Morgan fingerprint density at radius 3 is 2.65 bits per heavy atom. The molecule has 26 heavy (non-hydrogen) atoms. The number of carbonyl (C=O) groups is 2. The minimum Gasteiger partial charge on any atom is -0.483 e. The molecule has 0 bridgehead atoms. The molecule has 0 saturated carbocycles. The SMILES string of the molecule is CC(C)Cc1nc2c(c(N3CCN(C)C(C)C3)n1)CCNC2=O.O=CO. The predicted molar refractivity (Wildman–Crippen MR) is 99.6 cm³/mol. The van der Waals surface area contributed by atoms with Crippen molar-refractivity contribution in [3.8, 4) is 0 Å². The number of rotatable bonds is 3. The van der Waals surface area contributed by atoms with Crippen molar-refractivity contribution >= 4 is 18.2 Å². The number of hydrogen-bond donors (Lipinski definition) is 2. The van der Waals surface area contributed by atoms with E-state index in [1.165, 1.54) is 0 Å². The Labute approximate surface area is 154 Å². The number of nitrogens with zero attached hydrogens (tertiary/aromatic N) is 4. The van der Waals surface area contributed by atoms with Crippen LogP contribution in [0.5, 0.6) is 0 Å². The van der Waals surface area contributed by atoms with Gasteiger partial charge in [0.05, 0.1) is 0 Å². The van der Waals surface area contributed by atoms with Crippen LogP contribution in [0.4, 0.5) is 5.82 Å². The summed E-state index contributed by atoms with van der Waals surface area (Å²) in [5, 5.41) is 9.80. The van der Waals surface area contributed by atoms with Crippen molar-refractivity contribution in [2.24, 2.45) is 5.92 Å². The maximum Gasteiger partial charge on any atom is 0.290 e. The molecule has 1 aromatic heterocycles. The summed E-state index contributed by atoms with van der Waals surface area (Å²) in [7, 11) is 2.16. The minimum absolute atomic E-state index is 0.0536. The summed E-state index contributed by atoms with van der Waals surface area (Å²) >= 11 is 0. The maximum atomic E-state index is 12.2. The normalized spacial score (nSPS) is 20.1. The number of fused-ring (bicyclic) bond motifs is 1. The maximum absolute atomic E-state index is 12.2. The van der Waals surface area contributed by atoms with Gasteiger partial charge in [-0.15, -0.1) is 0 Å². The molecular formula is C18H29N5O3. The van der Waals surface area contributed by atoms with Gasteiger partial charge in [0.15, 0.2) is 0 Å². The highest BCUT2D eigenvalue weighted by Gasteiger charge is 2.29. The lowest BCUT2D eigenvalue weighted by atomic mass is 10.0. The highest BCUT2D eigenvalue weighted by atomic mass is 16.3. The number of piperazine rings is 1. The van der Waals surface area contributed by atoms with Crippen LogP contribution in [0.15, 0.2) is 0 Å². The van der Waals surface area contributed by atoms with Gasteiger partial charge in [-0.1, -0.05) is 13.8 Å². The molecule has 0 spiro atoms. The summed E-state index contributed by atoms with van der Waals surface area (Å²) in [6, 6.07) is 0.486. The number of nitrogens with one attached hydrogen (secondary N) is 1. The number of amides is 1.